The molecule has 2 N–H and O–H groups in total. The molecule has 0 saturated heterocycles. The zero-order chi connectivity index (χ0) is 11.8. The molecule has 0 atom stereocenters. The van der Waals surface area contributed by atoms with Crippen LogP contribution in [0.4, 0.5) is 10.2 Å². The summed E-state index contributed by atoms with van der Waals surface area (Å²) < 4.78 is 14.4. The summed E-state index contributed by atoms with van der Waals surface area (Å²) in [5.74, 6) is 0.0858. The first-order valence-electron chi connectivity index (χ1n) is 4.96. The van der Waals surface area contributed by atoms with E-state index in [2.05, 4.69) is 15.1 Å². The highest BCUT2D eigenvalue weighted by Gasteiger charge is 2.08. The summed E-state index contributed by atoms with van der Waals surface area (Å²) >= 11 is 0. The third-order valence-corrected chi connectivity index (χ3v) is 2.47. The molecule has 3 rings (SSSR count). The molecule has 0 aliphatic heterocycles. The molecule has 2 heterocycles. The molecule has 0 amide bonds. The van der Waals surface area contributed by atoms with Crippen LogP contribution in [0.2, 0.25) is 0 Å². The smallest absolute Gasteiger partial charge is 0.168 e. The predicted octanol–water partition coefficient (Wildman–Crippen LogP) is 1.54. The SMILES string of the molecule is Nc1ncnc2c1cnn2-c1ccc(F)cc1. The zero-order valence-corrected chi connectivity index (χ0v) is 8.71. The number of rotatable bonds is 1. The van der Waals surface area contributed by atoms with E-state index in [1.165, 1.54) is 18.5 Å². The number of nitrogens with two attached hydrogens (primary N) is 1. The molecule has 0 fully saturated rings. The van der Waals surface area contributed by atoms with Crippen LogP contribution >= 0.6 is 0 Å². The third-order valence-electron chi connectivity index (χ3n) is 2.47. The van der Waals surface area contributed by atoms with Crippen LogP contribution in [-0.4, -0.2) is 19.7 Å². The fourth-order valence-corrected chi connectivity index (χ4v) is 1.63. The van der Waals surface area contributed by atoms with E-state index in [0.29, 0.717) is 16.9 Å². The third kappa shape index (κ3) is 1.50. The van der Waals surface area contributed by atoms with Gasteiger partial charge in [-0.2, -0.15) is 5.10 Å². The Labute approximate surface area is 95.7 Å². The Hall–Kier alpha value is -2.50. The minimum Gasteiger partial charge on any atom is -0.383 e. The Morgan fingerprint density at radius 2 is 1.88 bits per heavy atom. The lowest BCUT2D eigenvalue weighted by molar-refractivity contribution is 0.627. The standard InChI is InChI=1S/C11H8FN5/c12-7-1-3-8(4-2-7)17-11-9(5-16-17)10(13)14-6-15-11/h1-6H,(H2,13,14,15). The fourth-order valence-electron chi connectivity index (χ4n) is 1.63. The zero-order valence-electron chi connectivity index (χ0n) is 8.71. The van der Waals surface area contributed by atoms with E-state index < -0.39 is 0 Å². The highest BCUT2D eigenvalue weighted by molar-refractivity contribution is 5.85. The Morgan fingerprint density at radius 3 is 2.65 bits per heavy atom. The molecule has 84 valence electrons. The second kappa shape index (κ2) is 3.51. The van der Waals surface area contributed by atoms with Gasteiger partial charge in [-0.05, 0) is 24.3 Å². The van der Waals surface area contributed by atoms with Crippen molar-refractivity contribution < 1.29 is 4.39 Å². The molecule has 17 heavy (non-hydrogen) atoms. The van der Waals surface area contributed by atoms with Gasteiger partial charge in [0.1, 0.15) is 18.0 Å². The molecular formula is C11H8FN5. The minimum absolute atomic E-state index is 0.292. The van der Waals surface area contributed by atoms with E-state index in [-0.39, 0.29) is 5.82 Å². The van der Waals surface area contributed by atoms with Crippen molar-refractivity contribution >= 4 is 16.9 Å². The van der Waals surface area contributed by atoms with Crippen molar-refractivity contribution in [2.45, 2.75) is 0 Å². The number of anilines is 1. The molecule has 6 heteroatoms. The number of benzene rings is 1. The van der Waals surface area contributed by atoms with E-state index in [1.807, 2.05) is 0 Å². The van der Waals surface area contributed by atoms with Gasteiger partial charge in [0, 0.05) is 0 Å². The number of hydrogen-bond acceptors (Lipinski definition) is 4. The molecule has 0 unspecified atom stereocenters. The maximum atomic E-state index is 12.8. The van der Waals surface area contributed by atoms with Crippen molar-refractivity contribution in [2.75, 3.05) is 5.73 Å². The molecule has 0 spiro atoms. The summed E-state index contributed by atoms with van der Waals surface area (Å²) in [5.41, 5.74) is 7.03. The second-order valence-corrected chi connectivity index (χ2v) is 3.53. The topological polar surface area (TPSA) is 69.6 Å². The van der Waals surface area contributed by atoms with Crippen molar-refractivity contribution in [1.82, 2.24) is 19.7 Å². The summed E-state index contributed by atoms with van der Waals surface area (Å²) in [7, 11) is 0. The van der Waals surface area contributed by atoms with E-state index in [1.54, 1.807) is 23.0 Å². The van der Waals surface area contributed by atoms with E-state index in [9.17, 15) is 4.39 Å². The van der Waals surface area contributed by atoms with Gasteiger partial charge in [-0.15, -0.1) is 0 Å². The van der Waals surface area contributed by atoms with Crippen molar-refractivity contribution in [3.8, 4) is 5.69 Å². The number of nitrogen functional groups attached to an aromatic ring is 1. The summed E-state index contributed by atoms with van der Waals surface area (Å²) in [4.78, 5) is 8.00. The Kier molecular flexibility index (Phi) is 2.01. The van der Waals surface area contributed by atoms with Crippen LogP contribution in [0.1, 0.15) is 0 Å². The number of fused-ring (bicyclic) bond motifs is 1. The number of hydrogen-bond donors (Lipinski definition) is 1. The van der Waals surface area contributed by atoms with Crippen LogP contribution in [0.15, 0.2) is 36.8 Å². The van der Waals surface area contributed by atoms with Gasteiger partial charge < -0.3 is 5.73 Å². The number of nitrogens with zero attached hydrogens (tertiary/aromatic N) is 4. The minimum atomic E-state index is -0.292. The molecule has 0 aliphatic carbocycles. The van der Waals surface area contributed by atoms with Crippen LogP contribution in [0.25, 0.3) is 16.7 Å². The average Bonchev–Trinajstić information content (AvgIpc) is 2.75. The van der Waals surface area contributed by atoms with Gasteiger partial charge >= 0.3 is 0 Å². The normalized spacial score (nSPS) is 10.9. The number of aromatic nitrogens is 4. The van der Waals surface area contributed by atoms with E-state index in [0.717, 1.165) is 5.69 Å². The van der Waals surface area contributed by atoms with Crippen LogP contribution in [0, 0.1) is 5.82 Å². The van der Waals surface area contributed by atoms with Crippen LogP contribution in [0.5, 0.6) is 0 Å². The Bertz CT molecular complexity index is 674. The lowest BCUT2D eigenvalue weighted by atomic mass is 10.3. The molecule has 0 aliphatic rings. The lowest BCUT2D eigenvalue weighted by Crippen LogP contribution is -1.99. The fraction of sp³-hybridized carbons (Fsp3) is 0. The first-order valence-corrected chi connectivity index (χ1v) is 4.96. The lowest BCUT2D eigenvalue weighted by Gasteiger charge is -2.02. The quantitative estimate of drug-likeness (QED) is 0.687. The molecule has 0 bridgehead atoms. The molecule has 1 aromatic carbocycles. The van der Waals surface area contributed by atoms with Gasteiger partial charge in [0.25, 0.3) is 0 Å². The first-order chi connectivity index (χ1) is 8.25. The summed E-state index contributed by atoms with van der Waals surface area (Å²) in [6, 6.07) is 5.99. The summed E-state index contributed by atoms with van der Waals surface area (Å²) in [6.07, 6.45) is 2.97. The highest BCUT2D eigenvalue weighted by atomic mass is 19.1. The average molecular weight is 229 g/mol. The van der Waals surface area contributed by atoms with Gasteiger partial charge in [0.05, 0.1) is 17.3 Å². The predicted molar refractivity (Wildman–Crippen MR) is 61.0 cm³/mol. The molecular weight excluding hydrogens is 221 g/mol. The van der Waals surface area contributed by atoms with Crippen molar-refractivity contribution in [1.29, 1.82) is 0 Å². The maximum absolute atomic E-state index is 12.8. The summed E-state index contributed by atoms with van der Waals surface area (Å²) in [5, 5.41) is 4.85. The van der Waals surface area contributed by atoms with Crippen molar-refractivity contribution in [3.05, 3.63) is 42.6 Å². The van der Waals surface area contributed by atoms with Gasteiger partial charge in [0.2, 0.25) is 0 Å². The number of halogens is 1. The first kappa shape index (κ1) is 9.71. The summed E-state index contributed by atoms with van der Waals surface area (Å²) in [6.45, 7) is 0. The van der Waals surface area contributed by atoms with Gasteiger partial charge in [-0.25, -0.2) is 19.0 Å². The van der Waals surface area contributed by atoms with Crippen molar-refractivity contribution in [3.63, 3.8) is 0 Å². The Morgan fingerprint density at radius 1 is 1.12 bits per heavy atom. The molecule has 5 nitrogen and oxygen atoms in total. The maximum Gasteiger partial charge on any atom is 0.168 e. The van der Waals surface area contributed by atoms with Crippen LogP contribution < -0.4 is 5.73 Å². The molecule has 3 aromatic rings. The van der Waals surface area contributed by atoms with Gasteiger partial charge in [-0.3, -0.25) is 0 Å². The van der Waals surface area contributed by atoms with Gasteiger partial charge in [-0.1, -0.05) is 0 Å². The van der Waals surface area contributed by atoms with E-state index in [4.69, 9.17) is 5.73 Å². The molecule has 0 saturated carbocycles. The molecule has 2 aromatic heterocycles. The molecule has 0 radical (unpaired) electrons. The largest absolute Gasteiger partial charge is 0.383 e. The van der Waals surface area contributed by atoms with Crippen molar-refractivity contribution in [2.24, 2.45) is 0 Å². The highest BCUT2D eigenvalue weighted by Crippen LogP contribution is 2.19. The second-order valence-electron chi connectivity index (χ2n) is 3.53. The van der Waals surface area contributed by atoms with Crippen LogP contribution in [-0.2, 0) is 0 Å². The van der Waals surface area contributed by atoms with E-state index >= 15 is 0 Å². The van der Waals surface area contributed by atoms with Gasteiger partial charge in [0.15, 0.2) is 5.65 Å². The monoisotopic (exact) mass is 229 g/mol. The van der Waals surface area contributed by atoms with Crippen LogP contribution in [0.3, 0.4) is 0 Å². The Balaban J connectivity index is 2.24.